The molecule has 0 bridgehead atoms. The zero-order chi connectivity index (χ0) is 21.6. The first kappa shape index (κ1) is 20.8. The highest BCUT2D eigenvalue weighted by Crippen LogP contribution is 2.37. The largest absolute Gasteiger partial charge is 0.306 e. The monoisotopic (exact) mass is 516 g/mol. The first-order valence-electron chi connectivity index (χ1n) is 10.0. The Morgan fingerprint density at radius 1 is 1.16 bits per heavy atom. The number of hydrogen-bond acceptors (Lipinski definition) is 6. The normalized spacial score (nSPS) is 16.2. The van der Waals surface area contributed by atoms with Crippen molar-refractivity contribution in [3.05, 3.63) is 63.7 Å². The van der Waals surface area contributed by atoms with Crippen molar-refractivity contribution in [2.45, 2.75) is 23.7 Å². The molecule has 0 N–H and O–H groups in total. The number of fused-ring (bicyclic) bond motifs is 1. The molecule has 0 amide bonds. The number of piperidine rings is 1. The van der Waals surface area contributed by atoms with Gasteiger partial charge in [-0.15, -0.1) is 11.3 Å². The van der Waals surface area contributed by atoms with Gasteiger partial charge in [-0.1, -0.05) is 18.2 Å². The molecule has 1 aliphatic heterocycles. The number of hydrogen-bond donors (Lipinski definition) is 0. The van der Waals surface area contributed by atoms with E-state index in [0.29, 0.717) is 11.6 Å². The molecule has 1 saturated heterocycles. The highest BCUT2D eigenvalue weighted by atomic mass is 79.9. The van der Waals surface area contributed by atoms with Crippen molar-refractivity contribution in [3.8, 4) is 11.3 Å². The van der Waals surface area contributed by atoms with Crippen LogP contribution in [-0.2, 0) is 10.0 Å². The SMILES string of the molecule is CN1CCC(c2nc(-c3cn(S(=O)(=O)c4ccccc4)c4ncc(Br)cc34)cs2)CC1. The first-order chi connectivity index (χ1) is 14.9. The maximum Gasteiger partial charge on any atom is 0.269 e. The van der Waals surface area contributed by atoms with Crippen molar-refractivity contribution in [1.82, 2.24) is 18.8 Å². The van der Waals surface area contributed by atoms with Crippen LogP contribution in [0.1, 0.15) is 23.8 Å². The maximum absolute atomic E-state index is 13.3. The third-order valence-corrected chi connectivity index (χ3v) is 8.85. The number of pyridine rings is 1. The summed E-state index contributed by atoms with van der Waals surface area (Å²) in [6, 6.07) is 10.3. The molecule has 31 heavy (non-hydrogen) atoms. The van der Waals surface area contributed by atoms with E-state index in [1.54, 1.807) is 54.1 Å². The van der Waals surface area contributed by atoms with Gasteiger partial charge in [0.2, 0.25) is 0 Å². The Balaban J connectivity index is 1.62. The lowest BCUT2D eigenvalue weighted by atomic mass is 9.98. The molecule has 5 rings (SSSR count). The van der Waals surface area contributed by atoms with E-state index >= 15 is 0 Å². The van der Waals surface area contributed by atoms with E-state index in [1.165, 1.54) is 3.97 Å². The Morgan fingerprint density at radius 3 is 2.65 bits per heavy atom. The van der Waals surface area contributed by atoms with Gasteiger partial charge in [-0.2, -0.15) is 0 Å². The smallest absolute Gasteiger partial charge is 0.269 e. The number of rotatable bonds is 4. The molecule has 1 aromatic carbocycles. The van der Waals surface area contributed by atoms with Gasteiger partial charge < -0.3 is 4.90 Å². The van der Waals surface area contributed by atoms with Crippen LogP contribution < -0.4 is 0 Å². The van der Waals surface area contributed by atoms with Crippen LogP contribution >= 0.6 is 27.3 Å². The van der Waals surface area contributed by atoms with Crippen LogP contribution in [0.5, 0.6) is 0 Å². The topological polar surface area (TPSA) is 68.1 Å². The van der Waals surface area contributed by atoms with E-state index in [4.69, 9.17) is 4.98 Å². The second-order valence-corrected chi connectivity index (χ2v) is 11.5. The molecular weight excluding hydrogens is 496 g/mol. The zero-order valence-electron chi connectivity index (χ0n) is 16.9. The lowest BCUT2D eigenvalue weighted by Crippen LogP contribution is -2.29. The summed E-state index contributed by atoms with van der Waals surface area (Å²) < 4.78 is 28.8. The summed E-state index contributed by atoms with van der Waals surface area (Å²) in [5.41, 5.74) is 1.97. The van der Waals surface area contributed by atoms with E-state index in [9.17, 15) is 8.42 Å². The molecular formula is C22H21BrN4O2S2. The van der Waals surface area contributed by atoms with Crippen LogP contribution in [0.3, 0.4) is 0 Å². The van der Waals surface area contributed by atoms with E-state index in [0.717, 1.165) is 52.1 Å². The number of likely N-dealkylation sites (tertiary alicyclic amines) is 1. The number of halogens is 1. The molecule has 0 spiro atoms. The number of aromatic nitrogens is 3. The van der Waals surface area contributed by atoms with E-state index in [-0.39, 0.29) is 4.90 Å². The fourth-order valence-corrected chi connectivity index (χ4v) is 6.67. The molecule has 0 radical (unpaired) electrons. The summed E-state index contributed by atoms with van der Waals surface area (Å²) in [5.74, 6) is 0.459. The molecule has 0 aliphatic carbocycles. The quantitative estimate of drug-likeness (QED) is 0.383. The van der Waals surface area contributed by atoms with Crippen LogP contribution in [0, 0.1) is 0 Å². The Morgan fingerprint density at radius 2 is 1.90 bits per heavy atom. The van der Waals surface area contributed by atoms with Crippen LogP contribution in [0.4, 0.5) is 0 Å². The zero-order valence-corrected chi connectivity index (χ0v) is 20.1. The lowest BCUT2D eigenvalue weighted by Gasteiger charge is -2.27. The molecule has 4 heterocycles. The van der Waals surface area contributed by atoms with Gasteiger partial charge in [-0.05, 0) is 67.1 Å². The third-order valence-electron chi connectivity index (χ3n) is 5.74. The number of thiazole rings is 1. The highest BCUT2D eigenvalue weighted by molar-refractivity contribution is 9.10. The molecule has 3 aromatic heterocycles. The average Bonchev–Trinajstić information content (AvgIpc) is 3.40. The summed E-state index contributed by atoms with van der Waals surface area (Å²) in [5, 5.41) is 3.91. The van der Waals surface area contributed by atoms with Gasteiger partial charge in [0.15, 0.2) is 5.65 Å². The predicted octanol–water partition coefficient (Wildman–Crippen LogP) is 4.97. The summed E-state index contributed by atoms with van der Waals surface area (Å²) in [7, 11) is -1.63. The van der Waals surface area contributed by atoms with Crippen molar-refractivity contribution < 1.29 is 8.42 Å². The molecule has 4 aromatic rings. The molecule has 0 unspecified atom stereocenters. The number of benzene rings is 1. The van der Waals surface area contributed by atoms with Crippen LogP contribution in [0.25, 0.3) is 22.3 Å². The fraction of sp³-hybridized carbons (Fsp3) is 0.273. The summed E-state index contributed by atoms with van der Waals surface area (Å²) >= 11 is 5.13. The van der Waals surface area contributed by atoms with E-state index in [2.05, 4.69) is 32.9 Å². The second-order valence-electron chi connectivity index (χ2n) is 7.83. The summed E-state index contributed by atoms with van der Waals surface area (Å²) in [6.07, 6.45) is 5.47. The van der Waals surface area contributed by atoms with Crippen molar-refractivity contribution in [2.24, 2.45) is 0 Å². The standard InChI is InChI=1S/C22H21BrN4O2S2/c1-26-9-7-15(8-10-26)22-25-20(14-30-22)19-13-27(21-18(19)11-16(23)12-24-21)31(28,29)17-5-3-2-4-6-17/h2-6,11-15H,7-10H2,1H3. The van der Waals surface area contributed by atoms with Gasteiger partial charge in [0, 0.05) is 39.1 Å². The molecule has 1 aliphatic rings. The summed E-state index contributed by atoms with van der Waals surface area (Å²) in [4.78, 5) is 11.9. The van der Waals surface area contributed by atoms with E-state index in [1.807, 2.05) is 11.4 Å². The highest BCUT2D eigenvalue weighted by Gasteiger charge is 2.25. The van der Waals surface area contributed by atoms with Crippen LogP contribution in [0.2, 0.25) is 0 Å². The van der Waals surface area contributed by atoms with E-state index < -0.39 is 10.0 Å². The minimum Gasteiger partial charge on any atom is -0.306 e. The minimum absolute atomic E-state index is 0.230. The van der Waals surface area contributed by atoms with Crippen molar-refractivity contribution in [3.63, 3.8) is 0 Å². The second kappa shape index (κ2) is 8.12. The molecule has 0 atom stereocenters. The Labute approximate surface area is 193 Å². The Kier molecular flexibility index (Phi) is 5.45. The minimum atomic E-state index is -3.78. The molecule has 1 fully saturated rings. The molecule has 6 nitrogen and oxygen atoms in total. The Bertz CT molecular complexity index is 1340. The van der Waals surface area contributed by atoms with Gasteiger partial charge in [0.25, 0.3) is 10.0 Å². The predicted molar refractivity (Wildman–Crippen MR) is 127 cm³/mol. The number of nitrogens with zero attached hydrogens (tertiary/aromatic N) is 4. The van der Waals surface area contributed by atoms with Crippen LogP contribution in [0.15, 0.2) is 63.5 Å². The van der Waals surface area contributed by atoms with Crippen LogP contribution in [-0.4, -0.2) is 47.4 Å². The lowest BCUT2D eigenvalue weighted by molar-refractivity contribution is 0.255. The molecule has 160 valence electrons. The first-order valence-corrected chi connectivity index (χ1v) is 13.2. The molecule has 0 saturated carbocycles. The maximum atomic E-state index is 13.3. The van der Waals surface area contributed by atoms with Crippen molar-refractivity contribution >= 4 is 48.3 Å². The Hall–Kier alpha value is -2.07. The molecule has 9 heteroatoms. The van der Waals surface area contributed by atoms with Crippen molar-refractivity contribution in [2.75, 3.05) is 20.1 Å². The fourth-order valence-electron chi connectivity index (χ4n) is 4.00. The van der Waals surface area contributed by atoms with Gasteiger partial charge >= 0.3 is 0 Å². The third kappa shape index (κ3) is 3.84. The van der Waals surface area contributed by atoms with Gasteiger partial charge in [-0.25, -0.2) is 22.4 Å². The van der Waals surface area contributed by atoms with Crippen molar-refractivity contribution in [1.29, 1.82) is 0 Å². The average molecular weight is 517 g/mol. The summed E-state index contributed by atoms with van der Waals surface area (Å²) in [6.45, 7) is 2.15. The van der Waals surface area contributed by atoms with Gasteiger partial charge in [0.1, 0.15) is 0 Å². The van der Waals surface area contributed by atoms with Gasteiger partial charge in [-0.3, -0.25) is 0 Å². The van der Waals surface area contributed by atoms with Gasteiger partial charge in [0.05, 0.1) is 15.6 Å².